The summed E-state index contributed by atoms with van der Waals surface area (Å²) in [4.78, 5) is 0. The van der Waals surface area contributed by atoms with Crippen molar-refractivity contribution in [3.05, 3.63) is 70.3 Å². The number of nitriles is 1. The van der Waals surface area contributed by atoms with Gasteiger partial charge in [-0.15, -0.1) is 0 Å². The third-order valence-electron chi connectivity index (χ3n) is 2.71. The zero-order valence-electron chi connectivity index (χ0n) is 11.1. The van der Waals surface area contributed by atoms with Gasteiger partial charge >= 0.3 is 0 Å². The molecular formula is C17H12NRf-. The second kappa shape index (κ2) is 5.71. The van der Waals surface area contributed by atoms with E-state index in [4.69, 9.17) is 5.26 Å². The van der Waals surface area contributed by atoms with Crippen molar-refractivity contribution in [1.29, 1.82) is 5.26 Å². The predicted octanol–water partition coefficient (Wildman–Crippen LogP) is 3.38. The summed E-state index contributed by atoms with van der Waals surface area (Å²) in [7, 11) is 0. The van der Waals surface area contributed by atoms with Gasteiger partial charge in [-0.05, 0) is 37.1 Å². The first-order valence-corrected chi connectivity index (χ1v) is 5.70. The van der Waals surface area contributed by atoms with Crippen molar-refractivity contribution in [3.63, 3.8) is 0 Å². The fourth-order valence-corrected chi connectivity index (χ4v) is 1.83. The molecule has 2 aromatic rings. The van der Waals surface area contributed by atoms with Gasteiger partial charge in [-0.3, -0.25) is 0 Å². The molecular weight excluding hydrogens is 485 g/mol. The van der Waals surface area contributed by atoms with Gasteiger partial charge in [0.05, 0.1) is 11.6 Å². The summed E-state index contributed by atoms with van der Waals surface area (Å²) < 4.78 is 0. The van der Waals surface area contributed by atoms with Crippen LogP contribution in [0.4, 0.5) is 0 Å². The van der Waals surface area contributed by atoms with E-state index in [0.717, 1.165) is 27.8 Å². The summed E-state index contributed by atoms with van der Waals surface area (Å²) >= 11 is 0. The van der Waals surface area contributed by atoms with E-state index in [2.05, 4.69) is 24.0 Å². The number of hydrogen-bond donors (Lipinski definition) is 0. The van der Waals surface area contributed by atoms with Crippen LogP contribution in [0.15, 0.2) is 36.4 Å². The molecule has 0 heterocycles. The molecule has 0 aliphatic carbocycles. The summed E-state index contributed by atoms with van der Waals surface area (Å²) in [5, 5.41) is 9.01. The summed E-state index contributed by atoms with van der Waals surface area (Å²) in [5.74, 6) is 6.22. The van der Waals surface area contributed by atoms with E-state index in [1.165, 1.54) is 0 Å². The largest absolute Gasteiger partial charge is 0.192 e. The molecule has 0 spiro atoms. The number of aryl methyl sites for hydroxylation is 2. The van der Waals surface area contributed by atoms with Gasteiger partial charge in [0.2, 0.25) is 0 Å². The molecule has 0 aliphatic rings. The zero-order valence-corrected chi connectivity index (χ0v) is 17.5. The van der Waals surface area contributed by atoms with Crippen molar-refractivity contribution in [2.75, 3.05) is 0 Å². The molecule has 19 heavy (non-hydrogen) atoms. The fraction of sp³-hybridized carbons (Fsp3) is 0.118. The van der Waals surface area contributed by atoms with Gasteiger partial charge in [-0.1, -0.05) is 17.4 Å². The maximum Gasteiger partial charge on any atom is 0.0997 e. The van der Waals surface area contributed by atoms with Crippen molar-refractivity contribution in [1.82, 2.24) is 0 Å². The molecule has 0 amide bonds. The average Bonchev–Trinajstić information content (AvgIpc) is 2.37. The van der Waals surface area contributed by atoms with Crippen LogP contribution in [0.1, 0.15) is 27.8 Å². The van der Waals surface area contributed by atoms with Crippen LogP contribution in [0.2, 0.25) is 0 Å². The molecule has 0 aliphatic heterocycles. The van der Waals surface area contributed by atoms with Gasteiger partial charge in [-0.25, -0.2) is 0 Å². The van der Waals surface area contributed by atoms with Gasteiger partial charge in [0.15, 0.2) is 0 Å². The summed E-state index contributed by atoms with van der Waals surface area (Å²) in [6.07, 6.45) is 0. The third-order valence-corrected chi connectivity index (χ3v) is 2.71. The fourth-order valence-electron chi connectivity index (χ4n) is 1.83. The van der Waals surface area contributed by atoms with Crippen LogP contribution in [0.25, 0.3) is 0 Å². The first-order chi connectivity index (χ1) is 8.70. The van der Waals surface area contributed by atoms with Crippen LogP contribution < -0.4 is 0 Å². The van der Waals surface area contributed by atoms with E-state index in [9.17, 15) is 0 Å². The molecule has 2 heteroatoms. The summed E-state index contributed by atoms with van der Waals surface area (Å²) in [6.45, 7) is 3.88. The number of rotatable bonds is 0. The molecule has 0 N–H and O–H groups in total. The Morgan fingerprint density at radius 2 is 1.47 bits per heavy atom. The normalized spacial score (nSPS) is 8.68. The standard InChI is InChI=1S/C17H12N.Rf/c1-13-10-16(11-14(2)17(13)12-18)9-8-15-6-4-3-5-7-15;/h4-7,10-11H,1-2H3;/q-1;. The van der Waals surface area contributed by atoms with Gasteiger partial charge in [0.1, 0.15) is 0 Å². The Morgan fingerprint density at radius 3 is 2.00 bits per heavy atom. The van der Waals surface area contributed by atoms with Gasteiger partial charge in [-0.2, -0.15) is 35.6 Å². The van der Waals surface area contributed by atoms with Crippen LogP contribution in [0.5, 0.6) is 0 Å². The monoisotopic (exact) mass is 497 g/mol. The SMILES string of the molecule is Cc1cc(C#Cc2cc[c-]cc2)cc(C)c1C#N.[Rf]. The Kier molecular flexibility index (Phi) is 4.07. The summed E-state index contributed by atoms with van der Waals surface area (Å²) in [6, 6.07) is 16.6. The Hall–Kier alpha value is -3.51. The second-order valence-corrected chi connectivity index (χ2v) is 4.14. The molecule has 0 radical (unpaired) electrons. The van der Waals surface area contributed by atoms with Crippen molar-refractivity contribution in [2.45, 2.75) is 13.8 Å². The molecule has 2 rings (SSSR count). The van der Waals surface area contributed by atoms with E-state index in [1.807, 2.05) is 50.2 Å². The van der Waals surface area contributed by atoms with Crippen molar-refractivity contribution in [3.8, 4) is 17.9 Å². The smallest absolute Gasteiger partial charge is 0.0997 e. The van der Waals surface area contributed by atoms with E-state index >= 15 is 0 Å². The summed E-state index contributed by atoms with van der Waals surface area (Å²) in [5.41, 5.74) is 4.60. The Labute approximate surface area is 108 Å². The Balaban J connectivity index is 0.00000180. The molecule has 1 nitrogen and oxygen atoms in total. The molecule has 0 atom stereocenters. The van der Waals surface area contributed by atoms with Crippen molar-refractivity contribution >= 4 is 0 Å². The van der Waals surface area contributed by atoms with E-state index in [-0.39, 0.29) is 0 Å². The molecule has 88 valence electrons. The third kappa shape index (κ3) is 2.99. The molecule has 0 saturated carbocycles. The molecule has 0 bridgehead atoms. The Bertz CT molecular complexity index is 647. The number of benzene rings is 2. The van der Waals surface area contributed by atoms with Gasteiger partial charge in [0.25, 0.3) is 0 Å². The van der Waals surface area contributed by atoms with E-state index in [0.29, 0.717) is 0 Å². The van der Waals surface area contributed by atoms with Crippen LogP contribution in [0, 0.1) is 43.1 Å². The Morgan fingerprint density at radius 1 is 0.947 bits per heavy atom. The van der Waals surface area contributed by atoms with E-state index < -0.39 is 0 Å². The van der Waals surface area contributed by atoms with Crippen LogP contribution in [-0.4, -0.2) is 0 Å². The topological polar surface area (TPSA) is 23.8 Å². The van der Waals surface area contributed by atoms with Crippen LogP contribution in [0.3, 0.4) is 0 Å². The van der Waals surface area contributed by atoms with Crippen molar-refractivity contribution < 1.29 is 0 Å². The maximum atomic E-state index is 9.01. The number of hydrogen-bond acceptors (Lipinski definition) is 1. The zero-order chi connectivity index (χ0) is 13.0. The van der Waals surface area contributed by atoms with Gasteiger partial charge < -0.3 is 0 Å². The van der Waals surface area contributed by atoms with Crippen LogP contribution >= 0.6 is 0 Å². The minimum Gasteiger partial charge on any atom is -0.192 e. The minimum absolute atomic E-state index is 0. The van der Waals surface area contributed by atoms with Gasteiger partial charge in [0, 0.05) is 5.56 Å². The quantitative estimate of drug-likeness (QED) is 0.405. The van der Waals surface area contributed by atoms with E-state index in [1.54, 1.807) is 0 Å². The molecule has 2 aromatic carbocycles. The molecule has 0 aromatic heterocycles. The maximum absolute atomic E-state index is 9.01. The molecule has 0 fully saturated rings. The second-order valence-electron chi connectivity index (χ2n) is 4.14. The first kappa shape index (κ1) is 13.6. The minimum atomic E-state index is 0. The predicted molar refractivity (Wildman–Crippen MR) is 71.9 cm³/mol. The van der Waals surface area contributed by atoms with Crippen molar-refractivity contribution in [2.24, 2.45) is 0 Å². The number of nitrogens with zero attached hydrogens (tertiary/aromatic N) is 1. The first-order valence-electron chi connectivity index (χ1n) is 5.70. The van der Waals surface area contributed by atoms with Crippen LogP contribution in [-0.2, 0) is 0 Å². The molecule has 0 saturated heterocycles. The average molecular weight is 497 g/mol. The molecule has 0 unspecified atom stereocenters.